The van der Waals surface area contributed by atoms with E-state index in [1.165, 1.54) is 25.8 Å². The maximum atomic E-state index is 11.9. The molecule has 1 aliphatic rings. The fourth-order valence-electron chi connectivity index (χ4n) is 2.88. The van der Waals surface area contributed by atoms with Crippen LogP contribution in [-0.2, 0) is 6.54 Å². The van der Waals surface area contributed by atoms with E-state index in [-0.39, 0.29) is 5.56 Å². The van der Waals surface area contributed by atoms with Crippen LogP contribution in [0.3, 0.4) is 0 Å². The van der Waals surface area contributed by atoms with Gasteiger partial charge in [0.15, 0.2) is 0 Å². The summed E-state index contributed by atoms with van der Waals surface area (Å²) in [5.41, 5.74) is 1.17. The number of rotatable bonds is 3. The Morgan fingerprint density at radius 3 is 2.83 bits per heavy atom. The summed E-state index contributed by atoms with van der Waals surface area (Å²) in [7, 11) is 0. The molecule has 2 rings (SSSR count). The Kier molecular flexibility index (Phi) is 4.23. The fraction of sp³-hybridized carbons (Fsp3) is 0.667. The highest BCUT2D eigenvalue weighted by molar-refractivity contribution is 5.08. The molecule has 0 bridgehead atoms. The van der Waals surface area contributed by atoms with Crippen molar-refractivity contribution >= 4 is 0 Å². The van der Waals surface area contributed by atoms with E-state index in [0.717, 1.165) is 12.1 Å². The van der Waals surface area contributed by atoms with Gasteiger partial charge in [-0.2, -0.15) is 0 Å². The summed E-state index contributed by atoms with van der Waals surface area (Å²) in [6, 6.07) is 4.82. The highest BCUT2D eigenvalue weighted by Crippen LogP contribution is 2.20. The molecule has 1 aliphatic heterocycles. The molecule has 100 valence electrons. The number of aromatic nitrogens is 1. The Morgan fingerprint density at radius 1 is 1.39 bits per heavy atom. The molecule has 0 spiro atoms. The second-order valence-corrected chi connectivity index (χ2v) is 5.68. The number of hydrogen-bond donors (Lipinski definition) is 0. The van der Waals surface area contributed by atoms with Crippen molar-refractivity contribution in [2.45, 2.75) is 58.7 Å². The van der Waals surface area contributed by atoms with Crippen molar-refractivity contribution in [1.29, 1.82) is 0 Å². The largest absolute Gasteiger partial charge is 0.314 e. The quantitative estimate of drug-likeness (QED) is 0.821. The molecule has 2 heterocycles. The van der Waals surface area contributed by atoms with E-state index in [2.05, 4.69) is 18.7 Å². The first-order valence-corrected chi connectivity index (χ1v) is 7.01. The summed E-state index contributed by atoms with van der Waals surface area (Å²) in [6.07, 6.45) is 5.72. The molecule has 1 atom stereocenters. The highest BCUT2D eigenvalue weighted by atomic mass is 16.1. The summed E-state index contributed by atoms with van der Waals surface area (Å²) in [6.45, 7) is 8.46. The molecule has 1 saturated heterocycles. The van der Waals surface area contributed by atoms with Gasteiger partial charge < -0.3 is 4.57 Å². The molecule has 1 aromatic heterocycles. The summed E-state index contributed by atoms with van der Waals surface area (Å²) in [5, 5.41) is 0. The molecule has 0 N–H and O–H groups in total. The van der Waals surface area contributed by atoms with Crippen LogP contribution in [-0.4, -0.2) is 28.1 Å². The number of likely N-dealkylation sites (tertiary alicyclic amines) is 1. The first-order chi connectivity index (χ1) is 8.58. The molecule has 0 aliphatic carbocycles. The van der Waals surface area contributed by atoms with Gasteiger partial charge in [-0.25, -0.2) is 0 Å². The SMILES string of the molecule is Cc1ccn(C[C@H]2CCCCN2C(C)C)c(=O)c1. The molecule has 18 heavy (non-hydrogen) atoms. The lowest BCUT2D eigenvalue weighted by atomic mass is 10.00. The van der Waals surface area contributed by atoms with Crippen LogP contribution in [0.25, 0.3) is 0 Å². The minimum Gasteiger partial charge on any atom is -0.314 e. The lowest BCUT2D eigenvalue weighted by molar-refractivity contribution is 0.0984. The summed E-state index contributed by atoms with van der Waals surface area (Å²) in [4.78, 5) is 14.5. The molecule has 0 radical (unpaired) electrons. The van der Waals surface area contributed by atoms with Crippen molar-refractivity contribution in [3.05, 3.63) is 34.2 Å². The third-order valence-corrected chi connectivity index (χ3v) is 3.90. The Morgan fingerprint density at radius 2 is 2.17 bits per heavy atom. The van der Waals surface area contributed by atoms with E-state index in [9.17, 15) is 4.79 Å². The topological polar surface area (TPSA) is 25.2 Å². The summed E-state index contributed by atoms with van der Waals surface area (Å²) in [5.74, 6) is 0. The van der Waals surface area contributed by atoms with Crippen LogP contribution in [0.5, 0.6) is 0 Å². The number of nitrogens with zero attached hydrogens (tertiary/aromatic N) is 2. The maximum Gasteiger partial charge on any atom is 0.250 e. The fourth-order valence-corrected chi connectivity index (χ4v) is 2.88. The van der Waals surface area contributed by atoms with Gasteiger partial charge in [-0.15, -0.1) is 0 Å². The minimum atomic E-state index is 0.129. The van der Waals surface area contributed by atoms with Crippen molar-refractivity contribution in [2.75, 3.05) is 6.54 Å². The van der Waals surface area contributed by atoms with Crippen LogP contribution in [0, 0.1) is 6.92 Å². The third-order valence-electron chi connectivity index (χ3n) is 3.90. The number of aryl methyl sites for hydroxylation is 1. The summed E-state index contributed by atoms with van der Waals surface area (Å²) >= 11 is 0. The Hall–Kier alpha value is -1.09. The van der Waals surface area contributed by atoms with Gasteiger partial charge in [-0.3, -0.25) is 9.69 Å². The normalized spacial score (nSPS) is 21.4. The average Bonchev–Trinajstić information content (AvgIpc) is 2.33. The number of hydrogen-bond acceptors (Lipinski definition) is 2. The molecule has 0 aromatic carbocycles. The van der Waals surface area contributed by atoms with Crippen molar-refractivity contribution in [3.63, 3.8) is 0 Å². The van der Waals surface area contributed by atoms with Crippen LogP contribution in [0.15, 0.2) is 23.1 Å². The Bertz CT molecular complexity index is 450. The van der Waals surface area contributed by atoms with Gasteiger partial charge in [0.2, 0.25) is 0 Å². The standard InChI is InChI=1S/C15H24N2O/c1-12(2)17-8-5-4-6-14(17)11-16-9-7-13(3)10-15(16)18/h7,9-10,12,14H,4-6,8,11H2,1-3H3/t14-/m1/s1. The van der Waals surface area contributed by atoms with E-state index >= 15 is 0 Å². The van der Waals surface area contributed by atoms with E-state index < -0.39 is 0 Å². The van der Waals surface area contributed by atoms with Crippen LogP contribution in [0.2, 0.25) is 0 Å². The van der Waals surface area contributed by atoms with Crippen LogP contribution < -0.4 is 5.56 Å². The van der Waals surface area contributed by atoms with Gasteiger partial charge in [0.1, 0.15) is 0 Å². The number of piperidine rings is 1. The van der Waals surface area contributed by atoms with Crippen molar-refractivity contribution in [2.24, 2.45) is 0 Å². The molecular weight excluding hydrogens is 224 g/mol. The first kappa shape index (κ1) is 13.3. The molecule has 0 amide bonds. The average molecular weight is 248 g/mol. The summed E-state index contributed by atoms with van der Waals surface area (Å²) < 4.78 is 1.86. The van der Waals surface area contributed by atoms with E-state index in [1.807, 2.05) is 23.8 Å². The molecule has 0 saturated carbocycles. The van der Waals surface area contributed by atoms with Gasteiger partial charge in [-0.05, 0) is 51.8 Å². The minimum absolute atomic E-state index is 0.129. The van der Waals surface area contributed by atoms with Crippen LogP contribution in [0.4, 0.5) is 0 Å². The molecule has 3 nitrogen and oxygen atoms in total. The molecule has 1 fully saturated rings. The Labute approximate surface area is 109 Å². The maximum absolute atomic E-state index is 11.9. The van der Waals surface area contributed by atoms with Crippen LogP contribution >= 0.6 is 0 Å². The zero-order valence-electron chi connectivity index (χ0n) is 11.7. The van der Waals surface area contributed by atoms with Gasteiger partial charge in [0, 0.05) is 30.9 Å². The second kappa shape index (κ2) is 5.70. The third kappa shape index (κ3) is 3.02. The molecule has 1 aromatic rings. The predicted molar refractivity (Wildman–Crippen MR) is 74.9 cm³/mol. The smallest absolute Gasteiger partial charge is 0.250 e. The molecule has 3 heteroatoms. The predicted octanol–water partition coefficient (Wildman–Crippen LogP) is 2.42. The van der Waals surface area contributed by atoms with E-state index in [0.29, 0.717) is 12.1 Å². The lowest BCUT2D eigenvalue weighted by Crippen LogP contribution is -2.47. The van der Waals surface area contributed by atoms with Crippen molar-refractivity contribution < 1.29 is 0 Å². The second-order valence-electron chi connectivity index (χ2n) is 5.68. The van der Waals surface area contributed by atoms with Gasteiger partial charge >= 0.3 is 0 Å². The zero-order valence-corrected chi connectivity index (χ0v) is 11.7. The zero-order chi connectivity index (χ0) is 13.1. The first-order valence-electron chi connectivity index (χ1n) is 7.01. The van der Waals surface area contributed by atoms with E-state index in [1.54, 1.807) is 6.07 Å². The molecule has 0 unspecified atom stereocenters. The number of pyridine rings is 1. The lowest BCUT2D eigenvalue weighted by Gasteiger charge is -2.38. The van der Waals surface area contributed by atoms with E-state index in [4.69, 9.17) is 0 Å². The highest BCUT2D eigenvalue weighted by Gasteiger charge is 2.24. The van der Waals surface area contributed by atoms with Gasteiger partial charge in [0.25, 0.3) is 5.56 Å². The molecular formula is C15H24N2O. The van der Waals surface area contributed by atoms with Crippen molar-refractivity contribution in [3.8, 4) is 0 Å². The van der Waals surface area contributed by atoms with Crippen LogP contribution in [0.1, 0.15) is 38.7 Å². The van der Waals surface area contributed by atoms with Gasteiger partial charge in [-0.1, -0.05) is 6.42 Å². The van der Waals surface area contributed by atoms with Crippen molar-refractivity contribution in [1.82, 2.24) is 9.47 Å². The monoisotopic (exact) mass is 248 g/mol. The van der Waals surface area contributed by atoms with Gasteiger partial charge in [0.05, 0.1) is 0 Å². The Balaban J connectivity index is 2.13.